The third-order valence-electron chi connectivity index (χ3n) is 6.72. The van der Waals surface area contributed by atoms with Gasteiger partial charge in [0.15, 0.2) is 0 Å². The summed E-state index contributed by atoms with van der Waals surface area (Å²) < 4.78 is 52.0. The van der Waals surface area contributed by atoms with Crippen molar-refractivity contribution in [1.29, 1.82) is 0 Å². The predicted molar refractivity (Wildman–Crippen MR) is 139 cm³/mol. The van der Waals surface area contributed by atoms with Gasteiger partial charge in [-0.2, -0.15) is 4.31 Å². The van der Waals surface area contributed by atoms with Gasteiger partial charge < -0.3 is 14.4 Å². The van der Waals surface area contributed by atoms with Crippen molar-refractivity contribution in [3.63, 3.8) is 0 Å². The molecule has 0 saturated carbocycles. The summed E-state index contributed by atoms with van der Waals surface area (Å²) >= 11 is 5.80. The van der Waals surface area contributed by atoms with Gasteiger partial charge in [-0.15, -0.1) is 0 Å². The summed E-state index contributed by atoms with van der Waals surface area (Å²) in [5.74, 6) is 0.143. The second-order valence-corrected chi connectivity index (χ2v) is 11.7. The van der Waals surface area contributed by atoms with Gasteiger partial charge >= 0.3 is 6.09 Å². The van der Waals surface area contributed by atoms with Gasteiger partial charge in [0.2, 0.25) is 10.0 Å². The van der Waals surface area contributed by atoms with Crippen molar-refractivity contribution >= 4 is 27.7 Å². The minimum atomic E-state index is -3.75. The summed E-state index contributed by atoms with van der Waals surface area (Å²) in [6.45, 7) is 7.05. The number of piperazine rings is 1. The Morgan fingerprint density at radius 2 is 1.81 bits per heavy atom. The number of rotatable bonds is 8. The molecule has 1 amide bonds. The maximum atomic E-state index is 13.5. The lowest BCUT2D eigenvalue weighted by Crippen LogP contribution is -2.48. The standard InChI is InChI=1S/C26H33ClFN3O5S/c1-2-35-26(32)30-14-12-29(13-15-30)17-20-5-7-22(8-6-20)36-19-21-4-3-11-31(18-21)37(33,34)23-9-10-25(28)24(27)16-23/h5-10,16,21H,2-4,11-15,17-19H2,1H3/t21-/m0/s1. The van der Waals surface area contributed by atoms with Gasteiger partial charge in [-0.3, -0.25) is 4.90 Å². The molecule has 4 rings (SSSR count). The number of carbonyl (C=O) groups is 1. The molecule has 8 nitrogen and oxygen atoms in total. The van der Waals surface area contributed by atoms with Crippen LogP contribution < -0.4 is 4.74 Å². The van der Waals surface area contributed by atoms with Crippen LogP contribution >= 0.6 is 11.6 Å². The Bertz CT molecular complexity index is 1170. The van der Waals surface area contributed by atoms with Crippen molar-refractivity contribution in [3.8, 4) is 5.75 Å². The number of sulfonamides is 1. The zero-order chi connectivity index (χ0) is 26.4. The number of nitrogens with zero attached hydrogens (tertiary/aromatic N) is 3. The lowest BCUT2D eigenvalue weighted by Gasteiger charge is -2.34. The van der Waals surface area contributed by atoms with E-state index < -0.39 is 15.8 Å². The fraction of sp³-hybridized carbons (Fsp3) is 0.500. The van der Waals surface area contributed by atoms with E-state index in [0.717, 1.165) is 55.9 Å². The van der Waals surface area contributed by atoms with Crippen molar-refractivity contribution in [2.24, 2.45) is 5.92 Å². The fourth-order valence-corrected chi connectivity index (χ4v) is 6.46. The van der Waals surface area contributed by atoms with E-state index >= 15 is 0 Å². The van der Waals surface area contributed by atoms with Crippen LogP contribution in [-0.2, 0) is 21.3 Å². The van der Waals surface area contributed by atoms with Crippen LogP contribution in [-0.4, -0.2) is 81.1 Å². The first-order valence-electron chi connectivity index (χ1n) is 12.6. The molecule has 202 valence electrons. The van der Waals surface area contributed by atoms with E-state index in [-0.39, 0.29) is 21.9 Å². The van der Waals surface area contributed by atoms with E-state index in [4.69, 9.17) is 21.1 Å². The van der Waals surface area contributed by atoms with E-state index in [0.29, 0.717) is 39.4 Å². The van der Waals surface area contributed by atoms with Crippen molar-refractivity contribution < 1.29 is 27.1 Å². The molecule has 0 unspecified atom stereocenters. The van der Waals surface area contributed by atoms with Crippen LogP contribution in [0.1, 0.15) is 25.3 Å². The van der Waals surface area contributed by atoms with Gasteiger partial charge in [-0.25, -0.2) is 17.6 Å². The van der Waals surface area contributed by atoms with Gasteiger partial charge in [0, 0.05) is 51.7 Å². The molecule has 0 bridgehead atoms. The average molecular weight is 554 g/mol. The van der Waals surface area contributed by atoms with Crippen LogP contribution in [0.15, 0.2) is 47.4 Å². The first-order valence-corrected chi connectivity index (χ1v) is 14.4. The van der Waals surface area contributed by atoms with Gasteiger partial charge in [-0.1, -0.05) is 23.7 Å². The normalized spacial score (nSPS) is 19.5. The average Bonchev–Trinajstić information content (AvgIpc) is 2.90. The fourth-order valence-electron chi connectivity index (χ4n) is 4.63. The Balaban J connectivity index is 1.25. The van der Waals surface area contributed by atoms with Gasteiger partial charge in [-0.05, 0) is 55.7 Å². The third-order valence-corrected chi connectivity index (χ3v) is 8.87. The minimum absolute atomic E-state index is 0.00152. The molecule has 1 atom stereocenters. The molecule has 2 heterocycles. The van der Waals surface area contributed by atoms with Crippen LogP contribution in [0.25, 0.3) is 0 Å². The molecule has 0 N–H and O–H groups in total. The van der Waals surface area contributed by atoms with Gasteiger partial charge in [0.1, 0.15) is 11.6 Å². The van der Waals surface area contributed by atoms with Crippen LogP contribution in [0.2, 0.25) is 5.02 Å². The van der Waals surface area contributed by atoms with Crippen molar-refractivity contribution in [2.75, 3.05) is 52.5 Å². The maximum absolute atomic E-state index is 13.5. The molecular formula is C26H33ClFN3O5S. The number of carbonyl (C=O) groups excluding carboxylic acids is 1. The molecule has 2 aliphatic heterocycles. The van der Waals surface area contributed by atoms with Gasteiger partial charge in [0.05, 0.1) is 23.1 Å². The number of benzene rings is 2. The largest absolute Gasteiger partial charge is 0.493 e. The minimum Gasteiger partial charge on any atom is -0.493 e. The molecule has 2 fully saturated rings. The lowest BCUT2D eigenvalue weighted by molar-refractivity contribution is 0.0778. The van der Waals surface area contributed by atoms with Crippen molar-refractivity contribution in [3.05, 3.63) is 58.9 Å². The smallest absolute Gasteiger partial charge is 0.409 e. The zero-order valence-electron chi connectivity index (χ0n) is 20.9. The number of amides is 1. The van der Waals surface area contributed by atoms with Gasteiger partial charge in [0.25, 0.3) is 0 Å². The second kappa shape index (κ2) is 12.4. The summed E-state index contributed by atoms with van der Waals surface area (Å²) in [5, 5.41) is -0.208. The SMILES string of the molecule is CCOC(=O)N1CCN(Cc2ccc(OC[C@H]3CCCN(S(=O)(=O)c4ccc(F)c(Cl)c4)C3)cc2)CC1. The Hall–Kier alpha value is -2.40. The summed E-state index contributed by atoms with van der Waals surface area (Å²) in [6, 6.07) is 11.4. The first-order chi connectivity index (χ1) is 17.8. The van der Waals surface area contributed by atoms with Crippen LogP contribution in [0.4, 0.5) is 9.18 Å². The summed E-state index contributed by atoms with van der Waals surface area (Å²) in [5.41, 5.74) is 1.16. The molecule has 0 aromatic heterocycles. The van der Waals surface area contributed by atoms with E-state index in [9.17, 15) is 17.6 Å². The third kappa shape index (κ3) is 7.13. The molecule has 0 spiro atoms. The highest BCUT2D eigenvalue weighted by Gasteiger charge is 2.31. The molecule has 0 radical (unpaired) electrons. The van der Waals surface area contributed by atoms with Crippen LogP contribution in [0, 0.1) is 11.7 Å². The highest BCUT2D eigenvalue weighted by atomic mass is 35.5. The highest BCUT2D eigenvalue weighted by molar-refractivity contribution is 7.89. The molecule has 37 heavy (non-hydrogen) atoms. The number of ether oxygens (including phenoxy) is 2. The summed E-state index contributed by atoms with van der Waals surface area (Å²) in [4.78, 5) is 15.9. The monoisotopic (exact) mass is 553 g/mol. The molecular weight excluding hydrogens is 521 g/mol. The van der Waals surface area contributed by atoms with E-state index in [1.165, 1.54) is 10.4 Å². The zero-order valence-corrected chi connectivity index (χ0v) is 22.5. The lowest BCUT2D eigenvalue weighted by atomic mass is 10.0. The molecule has 2 aromatic carbocycles. The van der Waals surface area contributed by atoms with Crippen molar-refractivity contribution in [2.45, 2.75) is 31.2 Å². The number of hydrogen-bond acceptors (Lipinski definition) is 6. The van der Waals surface area contributed by atoms with Crippen molar-refractivity contribution in [1.82, 2.24) is 14.1 Å². The first kappa shape index (κ1) is 27.6. The number of hydrogen-bond donors (Lipinski definition) is 0. The molecule has 2 aliphatic rings. The predicted octanol–water partition coefficient (Wildman–Crippen LogP) is 4.23. The molecule has 2 aromatic rings. The summed E-state index contributed by atoms with van der Waals surface area (Å²) in [7, 11) is -3.75. The Labute approximate surface area is 222 Å². The molecule has 11 heteroatoms. The Morgan fingerprint density at radius 1 is 1.08 bits per heavy atom. The van der Waals surface area contributed by atoms with E-state index in [1.807, 2.05) is 31.2 Å². The molecule has 2 saturated heterocycles. The van der Waals surface area contributed by atoms with Crippen LogP contribution in [0.5, 0.6) is 5.75 Å². The van der Waals surface area contributed by atoms with Crippen LogP contribution in [0.3, 0.4) is 0 Å². The van der Waals surface area contributed by atoms with E-state index in [1.54, 1.807) is 4.90 Å². The Morgan fingerprint density at radius 3 is 2.49 bits per heavy atom. The second-order valence-electron chi connectivity index (χ2n) is 9.36. The highest BCUT2D eigenvalue weighted by Crippen LogP contribution is 2.27. The topological polar surface area (TPSA) is 79.4 Å². The molecule has 0 aliphatic carbocycles. The summed E-state index contributed by atoms with van der Waals surface area (Å²) in [6.07, 6.45) is 1.35. The number of piperidine rings is 1. The Kier molecular flexibility index (Phi) is 9.28. The quantitative estimate of drug-likeness (QED) is 0.487. The number of halogens is 2. The maximum Gasteiger partial charge on any atom is 0.409 e. The van der Waals surface area contributed by atoms with E-state index in [2.05, 4.69) is 4.90 Å².